The zero-order chi connectivity index (χ0) is 10.1. The van der Waals surface area contributed by atoms with Gasteiger partial charge in [-0.25, -0.2) is 9.59 Å². The van der Waals surface area contributed by atoms with Crippen LogP contribution in [0.1, 0.15) is 22.1 Å². The Labute approximate surface area is 79.8 Å². The van der Waals surface area contributed by atoms with Crippen molar-refractivity contribution in [1.82, 2.24) is 5.32 Å². The number of rotatable bonds is 1. The van der Waals surface area contributed by atoms with Crippen LogP contribution in [-0.2, 0) is 4.74 Å². The fourth-order valence-corrected chi connectivity index (χ4v) is 1.38. The van der Waals surface area contributed by atoms with Crippen molar-refractivity contribution in [2.75, 3.05) is 0 Å². The molecule has 0 saturated carbocycles. The van der Waals surface area contributed by atoms with E-state index in [1.807, 2.05) is 0 Å². The van der Waals surface area contributed by atoms with Crippen LogP contribution in [0.3, 0.4) is 0 Å². The molecule has 1 aromatic carbocycles. The summed E-state index contributed by atoms with van der Waals surface area (Å²) in [6.45, 7) is 0. The van der Waals surface area contributed by atoms with E-state index in [1.54, 1.807) is 24.3 Å². The minimum Gasteiger partial charge on any atom is -0.434 e. The van der Waals surface area contributed by atoms with E-state index in [9.17, 15) is 9.59 Å². The van der Waals surface area contributed by atoms with Crippen LogP contribution in [0.4, 0.5) is 4.79 Å². The molecule has 72 valence electrons. The van der Waals surface area contributed by atoms with Gasteiger partial charge >= 0.3 is 12.0 Å². The molecule has 0 unspecified atom stereocenters. The Balaban J connectivity index is 2.34. The third-order valence-electron chi connectivity index (χ3n) is 1.96. The monoisotopic (exact) mass is 192 g/mol. The van der Waals surface area contributed by atoms with Crippen LogP contribution in [0.15, 0.2) is 24.3 Å². The molecule has 0 saturated heterocycles. The molecule has 0 spiro atoms. The third kappa shape index (κ3) is 1.28. The number of amides is 2. The topological polar surface area (TPSA) is 81.4 Å². The van der Waals surface area contributed by atoms with Crippen molar-refractivity contribution in [2.24, 2.45) is 5.73 Å². The summed E-state index contributed by atoms with van der Waals surface area (Å²) in [5.41, 5.74) is 6.03. The summed E-state index contributed by atoms with van der Waals surface area (Å²) in [6, 6.07) is 6.12. The molecule has 0 bridgehead atoms. The van der Waals surface area contributed by atoms with Gasteiger partial charge in [0.25, 0.3) is 0 Å². The quantitative estimate of drug-likeness (QED) is 0.636. The van der Waals surface area contributed by atoms with Crippen molar-refractivity contribution in [3.05, 3.63) is 35.4 Å². The molecule has 2 rings (SSSR count). The number of nitrogens with one attached hydrogen (secondary N) is 1. The lowest BCUT2D eigenvalue weighted by Gasteiger charge is -2.09. The first-order valence-corrected chi connectivity index (χ1v) is 4.04. The van der Waals surface area contributed by atoms with E-state index in [0.717, 1.165) is 0 Å². The highest BCUT2D eigenvalue weighted by molar-refractivity contribution is 5.94. The molecule has 1 aliphatic rings. The third-order valence-corrected chi connectivity index (χ3v) is 1.96. The van der Waals surface area contributed by atoms with Gasteiger partial charge in [0.1, 0.15) is 0 Å². The van der Waals surface area contributed by atoms with E-state index in [-0.39, 0.29) is 0 Å². The molecule has 1 aliphatic heterocycles. The highest BCUT2D eigenvalue weighted by atomic mass is 16.6. The van der Waals surface area contributed by atoms with E-state index in [4.69, 9.17) is 10.5 Å². The first-order valence-electron chi connectivity index (χ1n) is 4.04. The van der Waals surface area contributed by atoms with Crippen molar-refractivity contribution >= 4 is 12.0 Å². The van der Waals surface area contributed by atoms with Gasteiger partial charge in [0, 0.05) is 5.56 Å². The minimum absolute atomic E-state index is 0.445. The number of carbonyl (C=O) groups excluding carboxylic acids is 2. The SMILES string of the molecule is NC(=O)N[C@H]1OC(=O)c2ccccc21. The summed E-state index contributed by atoms with van der Waals surface area (Å²) in [6.07, 6.45) is -0.754. The number of nitrogens with two attached hydrogens (primary N) is 1. The van der Waals surface area contributed by atoms with Crippen LogP contribution >= 0.6 is 0 Å². The fourth-order valence-electron chi connectivity index (χ4n) is 1.38. The number of esters is 1. The van der Waals surface area contributed by atoms with E-state index in [0.29, 0.717) is 11.1 Å². The fraction of sp³-hybridized carbons (Fsp3) is 0.111. The van der Waals surface area contributed by atoms with Gasteiger partial charge in [0.15, 0.2) is 0 Å². The van der Waals surface area contributed by atoms with E-state index in [1.165, 1.54) is 0 Å². The smallest absolute Gasteiger partial charge is 0.340 e. The standard InChI is InChI=1S/C9H8N2O3/c10-9(13)11-7-5-3-1-2-4-6(5)8(12)14-7/h1-4,7H,(H3,10,11,13)/t7-/m0/s1. The molecule has 3 N–H and O–H groups in total. The second-order valence-corrected chi connectivity index (χ2v) is 2.88. The zero-order valence-corrected chi connectivity index (χ0v) is 7.19. The molecule has 14 heavy (non-hydrogen) atoms. The molecule has 2 amide bonds. The molecule has 0 radical (unpaired) electrons. The number of fused-ring (bicyclic) bond motifs is 1. The zero-order valence-electron chi connectivity index (χ0n) is 7.19. The van der Waals surface area contributed by atoms with Gasteiger partial charge in [-0.05, 0) is 6.07 Å². The molecule has 5 nitrogen and oxygen atoms in total. The van der Waals surface area contributed by atoms with Crippen molar-refractivity contribution in [2.45, 2.75) is 6.23 Å². The Morgan fingerprint density at radius 2 is 2.14 bits per heavy atom. The average molecular weight is 192 g/mol. The summed E-state index contributed by atoms with van der Waals surface area (Å²) in [5, 5.41) is 2.32. The number of ether oxygens (including phenoxy) is 1. The Morgan fingerprint density at radius 3 is 2.86 bits per heavy atom. The molecule has 0 aliphatic carbocycles. The average Bonchev–Trinajstić information content (AvgIpc) is 2.44. The lowest BCUT2D eigenvalue weighted by atomic mass is 10.1. The second kappa shape index (κ2) is 3.02. The van der Waals surface area contributed by atoms with E-state index < -0.39 is 18.2 Å². The highest BCUT2D eigenvalue weighted by Crippen LogP contribution is 2.27. The molecule has 0 aromatic heterocycles. The summed E-state index contributed by atoms with van der Waals surface area (Å²) >= 11 is 0. The van der Waals surface area contributed by atoms with Gasteiger partial charge in [0.05, 0.1) is 5.56 Å². The molecule has 1 aromatic rings. The maximum atomic E-state index is 11.2. The maximum Gasteiger partial charge on any atom is 0.340 e. The van der Waals surface area contributed by atoms with E-state index >= 15 is 0 Å². The molecule has 0 fully saturated rings. The number of carbonyl (C=O) groups is 2. The van der Waals surface area contributed by atoms with Crippen LogP contribution in [0.2, 0.25) is 0 Å². The second-order valence-electron chi connectivity index (χ2n) is 2.88. The Bertz CT molecular complexity index is 401. The number of primary amides is 1. The lowest BCUT2D eigenvalue weighted by Crippen LogP contribution is -2.33. The number of cyclic esters (lactones) is 1. The minimum atomic E-state index is -0.754. The Hall–Kier alpha value is -2.04. The van der Waals surface area contributed by atoms with Crippen molar-refractivity contribution in [1.29, 1.82) is 0 Å². The molecule has 1 heterocycles. The van der Waals surface area contributed by atoms with Gasteiger partial charge in [-0.3, -0.25) is 5.32 Å². The number of hydrogen-bond donors (Lipinski definition) is 2. The summed E-state index contributed by atoms with van der Waals surface area (Å²) in [4.78, 5) is 21.8. The van der Waals surface area contributed by atoms with Crippen molar-refractivity contribution in [3.8, 4) is 0 Å². The van der Waals surface area contributed by atoms with Crippen molar-refractivity contribution < 1.29 is 14.3 Å². The molecule has 5 heteroatoms. The molecule has 1 atom stereocenters. The first kappa shape index (κ1) is 8.55. The van der Waals surface area contributed by atoms with Crippen LogP contribution < -0.4 is 11.1 Å². The Morgan fingerprint density at radius 1 is 1.43 bits per heavy atom. The molecular weight excluding hydrogens is 184 g/mol. The van der Waals surface area contributed by atoms with Gasteiger partial charge in [0.2, 0.25) is 6.23 Å². The highest BCUT2D eigenvalue weighted by Gasteiger charge is 2.30. The van der Waals surface area contributed by atoms with Gasteiger partial charge in [-0.15, -0.1) is 0 Å². The van der Waals surface area contributed by atoms with Crippen LogP contribution in [0.5, 0.6) is 0 Å². The van der Waals surface area contributed by atoms with Crippen molar-refractivity contribution in [3.63, 3.8) is 0 Å². The van der Waals surface area contributed by atoms with Gasteiger partial charge in [-0.2, -0.15) is 0 Å². The van der Waals surface area contributed by atoms with Crippen LogP contribution in [-0.4, -0.2) is 12.0 Å². The molecular formula is C9H8N2O3. The van der Waals surface area contributed by atoms with Crippen LogP contribution in [0.25, 0.3) is 0 Å². The lowest BCUT2D eigenvalue weighted by molar-refractivity contribution is 0.0340. The largest absolute Gasteiger partial charge is 0.434 e. The van der Waals surface area contributed by atoms with Gasteiger partial charge < -0.3 is 10.5 Å². The summed E-state index contributed by atoms with van der Waals surface area (Å²) in [5.74, 6) is -0.445. The normalized spacial score (nSPS) is 18.6. The predicted octanol–water partition coefficient (Wildman–Crippen LogP) is 0.524. The van der Waals surface area contributed by atoms with E-state index in [2.05, 4.69) is 5.32 Å². The number of urea groups is 1. The van der Waals surface area contributed by atoms with Gasteiger partial charge in [-0.1, -0.05) is 18.2 Å². The Kier molecular flexibility index (Phi) is 1.85. The summed E-state index contributed by atoms with van der Waals surface area (Å²) < 4.78 is 4.89. The predicted molar refractivity (Wildman–Crippen MR) is 47.3 cm³/mol. The number of hydrogen-bond acceptors (Lipinski definition) is 3. The maximum absolute atomic E-state index is 11.2. The van der Waals surface area contributed by atoms with Crippen LogP contribution in [0, 0.1) is 0 Å². The number of benzene rings is 1. The summed E-state index contributed by atoms with van der Waals surface area (Å²) in [7, 11) is 0. The first-order chi connectivity index (χ1) is 6.68.